The summed E-state index contributed by atoms with van der Waals surface area (Å²) in [7, 11) is 0. The molecule has 4 nitrogen and oxygen atoms in total. The van der Waals surface area contributed by atoms with E-state index in [9.17, 15) is 4.79 Å². The number of nitrogens with zero attached hydrogens (tertiary/aromatic N) is 2. The highest BCUT2D eigenvalue weighted by Crippen LogP contribution is 2.42. The van der Waals surface area contributed by atoms with Crippen LogP contribution in [0, 0.1) is 0 Å². The molecular formula is C12H15Cl3N2O2. The van der Waals surface area contributed by atoms with Gasteiger partial charge in [0.25, 0.3) is 0 Å². The summed E-state index contributed by atoms with van der Waals surface area (Å²) in [6.07, 6.45) is 1.57. The van der Waals surface area contributed by atoms with Crippen molar-refractivity contribution in [3.05, 3.63) is 30.1 Å². The SMILES string of the molecule is CCN(CC)C(=O)OC(c1cccnc1)C(Cl)(Cl)Cl. The van der Waals surface area contributed by atoms with E-state index in [4.69, 9.17) is 39.5 Å². The molecule has 19 heavy (non-hydrogen) atoms. The molecule has 0 saturated heterocycles. The third-order valence-electron chi connectivity index (χ3n) is 2.52. The van der Waals surface area contributed by atoms with Gasteiger partial charge in [-0.1, -0.05) is 40.9 Å². The Labute approximate surface area is 127 Å². The molecule has 0 aliphatic carbocycles. The van der Waals surface area contributed by atoms with Crippen LogP contribution in [0.5, 0.6) is 0 Å². The highest BCUT2D eigenvalue weighted by atomic mass is 35.6. The Hall–Kier alpha value is -0.710. The fourth-order valence-corrected chi connectivity index (χ4v) is 2.02. The summed E-state index contributed by atoms with van der Waals surface area (Å²) in [5, 5.41) is 0. The first kappa shape index (κ1) is 16.3. The molecule has 0 fully saturated rings. The molecule has 0 aromatic carbocycles. The Balaban J connectivity index is 2.92. The van der Waals surface area contributed by atoms with Crippen molar-refractivity contribution in [2.24, 2.45) is 0 Å². The molecule has 1 aromatic rings. The van der Waals surface area contributed by atoms with Gasteiger partial charge in [0.15, 0.2) is 6.10 Å². The summed E-state index contributed by atoms with van der Waals surface area (Å²) >= 11 is 17.6. The number of ether oxygens (including phenoxy) is 1. The Morgan fingerprint density at radius 2 is 2.05 bits per heavy atom. The van der Waals surface area contributed by atoms with Crippen LogP contribution < -0.4 is 0 Å². The normalized spacial score (nSPS) is 12.9. The number of carbonyl (C=O) groups excluding carboxylic acids is 1. The van der Waals surface area contributed by atoms with Gasteiger partial charge in [-0.3, -0.25) is 4.98 Å². The van der Waals surface area contributed by atoms with Gasteiger partial charge >= 0.3 is 6.09 Å². The molecular weight excluding hydrogens is 311 g/mol. The van der Waals surface area contributed by atoms with Crippen molar-refractivity contribution < 1.29 is 9.53 Å². The quantitative estimate of drug-likeness (QED) is 0.787. The maximum Gasteiger partial charge on any atom is 0.410 e. The van der Waals surface area contributed by atoms with Gasteiger partial charge in [-0.05, 0) is 19.9 Å². The van der Waals surface area contributed by atoms with Crippen LogP contribution in [-0.4, -0.2) is 32.9 Å². The highest BCUT2D eigenvalue weighted by molar-refractivity contribution is 6.68. The minimum absolute atomic E-state index is 0.523. The highest BCUT2D eigenvalue weighted by Gasteiger charge is 2.38. The zero-order valence-corrected chi connectivity index (χ0v) is 12.9. The smallest absolute Gasteiger partial charge is 0.410 e. The lowest BCUT2D eigenvalue weighted by atomic mass is 10.2. The molecule has 0 spiro atoms. The summed E-state index contributed by atoms with van der Waals surface area (Å²) in [5.74, 6) is 0. The summed E-state index contributed by atoms with van der Waals surface area (Å²) in [6, 6.07) is 3.37. The summed E-state index contributed by atoms with van der Waals surface area (Å²) in [4.78, 5) is 17.4. The molecule has 0 aliphatic heterocycles. The lowest BCUT2D eigenvalue weighted by Gasteiger charge is -2.27. The molecule has 1 rings (SSSR count). The molecule has 106 valence electrons. The number of alkyl halides is 3. The van der Waals surface area contributed by atoms with Crippen molar-refractivity contribution in [2.45, 2.75) is 23.7 Å². The Morgan fingerprint density at radius 1 is 1.42 bits per heavy atom. The molecule has 7 heteroatoms. The predicted octanol–water partition coefficient (Wildman–Crippen LogP) is 3.97. The number of hydrogen-bond donors (Lipinski definition) is 0. The largest absolute Gasteiger partial charge is 0.437 e. The molecule has 0 radical (unpaired) electrons. The van der Waals surface area contributed by atoms with Crippen molar-refractivity contribution in [1.29, 1.82) is 0 Å². The maximum absolute atomic E-state index is 11.9. The lowest BCUT2D eigenvalue weighted by molar-refractivity contribution is 0.0661. The van der Waals surface area contributed by atoms with Crippen molar-refractivity contribution in [2.75, 3.05) is 13.1 Å². The van der Waals surface area contributed by atoms with E-state index < -0.39 is 16.0 Å². The number of rotatable bonds is 4. The van der Waals surface area contributed by atoms with Crippen LogP contribution in [0.4, 0.5) is 4.79 Å². The molecule has 1 aromatic heterocycles. The molecule has 1 amide bonds. The zero-order chi connectivity index (χ0) is 14.5. The molecule has 0 N–H and O–H groups in total. The zero-order valence-electron chi connectivity index (χ0n) is 10.6. The van der Waals surface area contributed by atoms with Gasteiger partial charge in [-0.25, -0.2) is 4.79 Å². The fourth-order valence-electron chi connectivity index (χ4n) is 1.51. The van der Waals surface area contributed by atoms with Crippen LogP contribution in [0.2, 0.25) is 0 Å². The minimum Gasteiger partial charge on any atom is -0.437 e. The van der Waals surface area contributed by atoms with E-state index in [0.29, 0.717) is 18.7 Å². The van der Waals surface area contributed by atoms with Crippen molar-refractivity contribution >= 4 is 40.9 Å². The van der Waals surface area contributed by atoms with Crippen molar-refractivity contribution in [1.82, 2.24) is 9.88 Å². The molecule has 1 unspecified atom stereocenters. The predicted molar refractivity (Wildman–Crippen MR) is 76.7 cm³/mol. The topological polar surface area (TPSA) is 42.4 Å². The fraction of sp³-hybridized carbons (Fsp3) is 0.500. The molecule has 0 saturated carbocycles. The second-order valence-corrected chi connectivity index (χ2v) is 6.13. The van der Waals surface area contributed by atoms with E-state index in [2.05, 4.69) is 4.98 Å². The van der Waals surface area contributed by atoms with Crippen LogP contribution in [-0.2, 0) is 4.74 Å². The van der Waals surface area contributed by atoms with Gasteiger partial charge in [0.05, 0.1) is 0 Å². The number of pyridine rings is 1. The number of carbonyl (C=O) groups is 1. The van der Waals surface area contributed by atoms with Crippen LogP contribution >= 0.6 is 34.8 Å². The van der Waals surface area contributed by atoms with Gasteiger partial charge in [-0.15, -0.1) is 0 Å². The lowest BCUT2D eigenvalue weighted by Crippen LogP contribution is -2.34. The van der Waals surface area contributed by atoms with Crippen molar-refractivity contribution in [3.8, 4) is 0 Å². The van der Waals surface area contributed by atoms with E-state index in [1.807, 2.05) is 13.8 Å². The Kier molecular flexibility index (Phi) is 6.17. The number of amides is 1. The number of aromatic nitrogens is 1. The third kappa shape index (κ3) is 4.71. The molecule has 1 heterocycles. The van der Waals surface area contributed by atoms with Crippen LogP contribution in [0.25, 0.3) is 0 Å². The first-order chi connectivity index (χ1) is 8.90. The molecule has 1 atom stereocenters. The number of hydrogen-bond acceptors (Lipinski definition) is 3. The van der Waals surface area contributed by atoms with E-state index in [1.54, 1.807) is 18.3 Å². The standard InChI is InChI=1S/C12H15Cl3N2O2/c1-3-17(4-2)11(18)19-10(12(13,14)15)9-6-5-7-16-8-9/h5-8,10H,3-4H2,1-2H3. The van der Waals surface area contributed by atoms with Gasteiger partial charge in [-0.2, -0.15) is 0 Å². The Bertz CT molecular complexity index is 405. The maximum atomic E-state index is 11.9. The molecule has 0 aliphatic rings. The van der Waals surface area contributed by atoms with Gasteiger partial charge < -0.3 is 9.64 Å². The second kappa shape index (κ2) is 7.17. The van der Waals surface area contributed by atoms with Gasteiger partial charge in [0.1, 0.15) is 0 Å². The average Bonchev–Trinajstić information content (AvgIpc) is 2.37. The summed E-state index contributed by atoms with van der Waals surface area (Å²) in [5.41, 5.74) is 0.531. The van der Waals surface area contributed by atoms with Crippen LogP contribution in [0.1, 0.15) is 25.5 Å². The second-order valence-electron chi connectivity index (χ2n) is 3.76. The first-order valence-electron chi connectivity index (χ1n) is 5.82. The van der Waals surface area contributed by atoms with Crippen LogP contribution in [0.3, 0.4) is 0 Å². The monoisotopic (exact) mass is 324 g/mol. The number of halogens is 3. The first-order valence-corrected chi connectivity index (χ1v) is 6.95. The minimum atomic E-state index is -1.76. The average molecular weight is 326 g/mol. The summed E-state index contributed by atoms with van der Waals surface area (Å²) in [6.45, 7) is 4.74. The van der Waals surface area contributed by atoms with Crippen molar-refractivity contribution in [3.63, 3.8) is 0 Å². The van der Waals surface area contributed by atoms with E-state index >= 15 is 0 Å². The summed E-state index contributed by atoms with van der Waals surface area (Å²) < 4.78 is 3.54. The third-order valence-corrected chi connectivity index (χ3v) is 3.12. The van der Waals surface area contributed by atoms with Gasteiger partial charge in [0.2, 0.25) is 3.79 Å². The van der Waals surface area contributed by atoms with E-state index in [1.165, 1.54) is 11.1 Å². The van der Waals surface area contributed by atoms with E-state index in [-0.39, 0.29) is 0 Å². The van der Waals surface area contributed by atoms with Gasteiger partial charge in [0, 0.05) is 31.0 Å². The van der Waals surface area contributed by atoms with Crippen LogP contribution in [0.15, 0.2) is 24.5 Å². The molecule has 0 bridgehead atoms. The van der Waals surface area contributed by atoms with E-state index in [0.717, 1.165) is 0 Å². The Morgan fingerprint density at radius 3 is 2.47 bits per heavy atom.